The van der Waals surface area contributed by atoms with Crippen LogP contribution >= 0.6 is 0 Å². The topological polar surface area (TPSA) is 48.1 Å². The third kappa shape index (κ3) is 1.91. The van der Waals surface area contributed by atoms with Crippen LogP contribution in [0.15, 0.2) is 48.5 Å². The molecule has 3 aromatic rings. The molecule has 2 aliphatic rings. The van der Waals surface area contributed by atoms with E-state index in [0.29, 0.717) is 5.92 Å². The molecule has 26 heavy (non-hydrogen) atoms. The summed E-state index contributed by atoms with van der Waals surface area (Å²) in [5.41, 5.74) is 4.71. The maximum Gasteiger partial charge on any atom is 0.258 e. The number of benzene rings is 2. The minimum absolute atomic E-state index is 0.139. The number of anilines is 1. The van der Waals surface area contributed by atoms with Crippen LogP contribution in [0.4, 0.5) is 5.69 Å². The van der Waals surface area contributed by atoms with Gasteiger partial charge in [0, 0.05) is 35.2 Å². The predicted octanol–water partition coefficient (Wildman–Crippen LogP) is 3.56. The van der Waals surface area contributed by atoms with Gasteiger partial charge >= 0.3 is 0 Å². The first-order valence-corrected chi connectivity index (χ1v) is 9.39. The van der Waals surface area contributed by atoms with Crippen LogP contribution in [-0.4, -0.2) is 24.0 Å². The van der Waals surface area contributed by atoms with Crippen molar-refractivity contribution in [2.75, 3.05) is 18.0 Å². The van der Waals surface area contributed by atoms with Crippen LogP contribution < -0.4 is 10.2 Å². The summed E-state index contributed by atoms with van der Waals surface area (Å²) in [6.07, 6.45) is 0.931. The first kappa shape index (κ1) is 15.6. The van der Waals surface area contributed by atoms with Crippen molar-refractivity contribution in [2.24, 2.45) is 5.92 Å². The lowest BCUT2D eigenvalue weighted by Crippen LogP contribution is -2.55. The van der Waals surface area contributed by atoms with E-state index in [4.69, 9.17) is 0 Å². The maximum absolute atomic E-state index is 13.8. The van der Waals surface area contributed by atoms with Gasteiger partial charge in [0.25, 0.3) is 5.91 Å². The Balaban J connectivity index is 1.79. The normalized spacial score (nSPS) is 21.7. The summed E-state index contributed by atoms with van der Waals surface area (Å²) in [7, 11) is 0. The van der Waals surface area contributed by atoms with Crippen LogP contribution in [0.25, 0.3) is 10.9 Å². The summed E-state index contributed by atoms with van der Waals surface area (Å²) in [5.74, 6) is 0.549. The molecule has 0 fully saturated rings. The van der Waals surface area contributed by atoms with Gasteiger partial charge in [0.1, 0.15) is 0 Å². The SMILES string of the molecule is CC(C)CN1C(=O)[C@]2(NCCc3c2[nH]c2ccccc32)c2ccccc21. The molecule has 0 saturated heterocycles. The highest BCUT2D eigenvalue weighted by molar-refractivity contribution is 6.11. The van der Waals surface area contributed by atoms with E-state index in [2.05, 4.69) is 54.5 Å². The largest absolute Gasteiger partial charge is 0.356 e. The van der Waals surface area contributed by atoms with Crippen molar-refractivity contribution in [3.63, 3.8) is 0 Å². The van der Waals surface area contributed by atoms with E-state index >= 15 is 0 Å². The highest BCUT2D eigenvalue weighted by Gasteiger charge is 2.55. The smallest absolute Gasteiger partial charge is 0.258 e. The monoisotopic (exact) mass is 345 g/mol. The summed E-state index contributed by atoms with van der Waals surface area (Å²) >= 11 is 0. The zero-order chi connectivity index (χ0) is 17.9. The molecular formula is C22H23N3O. The lowest BCUT2D eigenvalue weighted by atomic mass is 9.82. The average Bonchev–Trinajstić information content (AvgIpc) is 3.13. The second kappa shape index (κ2) is 5.45. The Morgan fingerprint density at radius 1 is 1.12 bits per heavy atom. The van der Waals surface area contributed by atoms with Crippen molar-refractivity contribution in [2.45, 2.75) is 25.8 Å². The second-order valence-electron chi connectivity index (χ2n) is 7.78. The third-order valence-electron chi connectivity index (χ3n) is 5.67. The number of hydrogen-bond donors (Lipinski definition) is 2. The number of carbonyl (C=O) groups excluding carboxylic acids is 1. The maximum atomic E-state index is 13.8. The van der Waals surface area contributed by atoms with Crippen molar-refractivity contribution in [1.29, 1.82) is 0 Å². The van der Waals surface area contributed by atoms with Gasteiger partial charge in [0.15, 0.2) is 5.54 Å². The molecule has 2 N–H and O–H groups in total. The standard InChI is InChI=1S/C22H23N3O/c1-14(2)13-25-19-10-6-4-8-17(19)22(21(25)26)20-16(11-12-23-22)15-7-3-5-9-18(15)24-20/h3-10,14,23-24H,11-13H2,1-2H3/t22-/m0/s1. The third-order valence-corrected chi connectivity index (χ3v) is 5.67. The van der Waals surface area contributed by atoms with Crippen molar-refractivity contribution < 1.29 is 4.79 Å². The van der Waals surface area contributed by atoms with Gasteiger partial charge in [-0.15, -0.1) is 0 Å². The van der Waals surface area contributed by atoms with E-state index in [1.165, 1.54) is 10.9 Å². The van der Waals surface area contributed by atoms with Crippen molar-refractivity contribution in [3.8, 4) is 0 Å². The van der Waals surface area contributed by atoms with E-state index in [9.17, 15) is 4.79 Å². The van der Waals surface area contributed by atoms with Crippen molar-refractivity contribution >= 4 is 22.5 Å². The minimum atomic E-state index is -0.794. The van der Waals surface area contributed by atoms with Crippen LogP contribution in [0.5, 0.6) is 0 Å². The van der Waals surface area contributed by atoms with Gasteiger partial charge in [-0.05, 0) is 30.0 Å². The first-order valence-electron chi connectivity index (χ1n) is 9.39. The molecule has 2 aromatic carbocycles. The fraction of sp³-hybridized carbons (Fsp3) is 0.318. The molecule has 1 spiro atoms. The van der Waals surface area contributed by atoms with Crippen LogP contribution in [0.2, 0.25) is 0 Å². The molecule has 1 aromatic heterocycles. The van der Waals surface area contributed by atoms with E-state index in [0.717, 1.165) is 42.0 Å². The number of rotatable bonds is 2. The van der Waals surface area contributed by atoms with Crippen LogP contribution in [0.1, 0.15) is 30.7 Å². The summed E-state index contributed by atoms with van der Waals surface area (Å²) < 4.78 is 0. The summed E-state index contributed by atoms with van der Waals surface area (Å²) in [4.78, 5) is 19.3. The number of hydrogen-bond acceptors (Lipinski definition) is 2. The minimum Gasteiger partial charge on any atom is -0.356 e. The van der Waals surface area contributed by atoms with E-state index in [1.54, 1.807) is 0 Å². The first-order chi connectivity index (χ1) is 12.6. The zero-order valence-electron chi connectivity index (χ0n) is 15.2. The zero-order valence-corrected chi connectivity index (χ0v) is 15.2. The van der Waals surface area contributed by atoms with Gasteiger partial charge in [0.05, 0.1) is 5.69 Å². The molecule has 4 nitrogen and oxygen atoms in total. The molecule has 132 valence electrons. The average molecular weight is 345 g/mol. The summed E-state index contributed by atoms with van der Waals surface area (Å²) in [6.45, 7) is 5.84. The Bertz CT molecular complexity index is 1020. The Morgan fingerprint density at radius 3 is 2.73 bits per heavy atom. The van der Waals surface area contributed by atoms with Gasteiger partial charge in [0.2, 0.25) is 0 Å². The molecule has 2 aliphatic heterocycles. The molecule has 0 aliphatic carbocycles. The van der Waals surface area contributed by atoms with Gasteiger partial charge in [-0.3, -0.25) is 10.1 Å². The lowest BCUT2D eigenvalue weighted by molar-refractivity contribution is -0.123. The van der Waals surface area contributed by atoms with Gasteiger partial charge in [-0.2, -0.15) is 0 Å². The fourth-order valence-corrected chi connectivity index (χ4v) is 4.66. The highest BCUT2D eigenvalue weighted by Crippen LogP contribution is 2.47. The Morgan fingerprint density at radius 2 is 1.88 bits per heavy atom. The van der Waals surface area contributed by atoms with Crippen LogP contribution in [-0.2, 0) is 16.8 Å². The fourth-order valence-electron chi connectivity index (χ4n) is 4.66. The molecule has 0 bridgehead atoms. The molecule has 3 heterocycles. The number of nitrogens with zero attached hydrogens (tertiary/aromatic N) is 1. The number of para-hydroxylation sites is 2. The highest BCUT2D eigenvalue weighted by atomic mass is 16.2. The Labute approximate surface area is 153 Å². The number of aromatic nitrogens is 1. The number of nitrogens with one attached hydrogen (secondary N) is 2. The molecular weight excluding hydrogens is 322 g/mol. The Kier molecular flexibility index (Phi) is 3.28. The molecule has 0 unspecified atom stereocenters. The van der Waals surface area contributed by atoms with E-state index in [1.807, 2.05) is 23.1 Å². The van der Waals surface area contributed by atoms with Gasteiger partial charge in [-0.25, -0.2) is 0 Å². The number of fused-ring (bicyclic) bond motifs is 6. The summed E-state index contributed by atoms with van der Waals surface area (Å²) in [6, 6.07) is 16.6. The molecule has 1 atom stereocenters. The van der Waals surface area contributed by atoms with Crippen LogP contribution in [0.3, 0.4) is 0 Å². The quantitative estimate of drug-likeness (QED) is 0.746. The number of aromatic amines is 1. The lowest BCUT2D eigenvalue weighted by Gasteiger charge is -2.34. The molecule has 1 amide bonds. The van der Waals surface area contributed by atoms with Gasteiger partial charge < -0.3 is 9.88 Å². The van der Waals surface area contributed by atoms with E-state index < -0.39 is 5.54 Å². The predicted molar refractivity (Wildman–Crippen MR) is 104 cm³/mol. The molecule has 4 heteroatoms. The summed E-state index contributed by atoms with van der Waals surface area (Å²) in [5, 5.41) is 4.83. The second-order valence-corrected chi connectivity index (χ2v) is 7.78. The Hall–Kier alpha value is -2.59. The van der Waals surface area contributed by atoms with Crippen molar-refractivity contribution in [1.82, 2.24) is 10.3 Å². The molecule has 0 saturated carbocycles. The number of amides is 1. The molecule has 0 radical (unpaired) electrons. The van der Waals surface area contributed by atoms with Crippen LogP contribution in [0, 0.1) is 5.92 Å². The molecule has 5 rings (SSSR count). The van der Waals surface area contributed by atoms with Gasteiger partial charge in [-0.1, -0.05) is 50.2 Å². The van der Waals surface area contributed by atoms with E-state index in [-0.39, 0.29) is 5.91 Å². The number of carbonyl (C=O) groups is 1. The van der Waals surface area contributed by atoms with Crippen molar-refractivity contribution in [3.05, 3.63) is 65.4 Å². The number of H-pyrrole nitrogens is 1.